The topological polar surface area (TPSA) is 50.3 Å². The van der Waals surface area contributed by atoms with E-state index in [1.165, 1.54) is 4.90 Å². The summed E-state index contributed by atoms with van der Waals surface area (Å²) in [5.41, 5.74) is 0.919. The minimum Gasteiger partial charge on any atom is -0.283 e. The van der Waals surface area contributed by atoms with Crippen LogP contribution >= 0.6 is 22.9 Å². The Hall–Kier alpha value is -0.940. The van der Waals surface area contributed by atoms with Crippen LogP contribution in [0, 0.1) is 0 Å². The SMILES string of the molecule is O=C1CCCC(=O)N1CCCCc1nc(CCl)cs1. The molecule has 0 atom stereocenters. The third kappa shape index (κ3) is 4.01. The molecular weight excluding hydrogens is 284 g/mol. The Morgan fingerprint density at radius 1 is 1.26 bits per heavy atom. The number of amides is 2. The molecule has 1 aromatic heterocycles. The van der Waals surface area contributed by atoms with Crippen molar-refractivity contribution in [2.45, 2.75) is 44.4 Å². The molecule has 1 saturated heterocycles. The minimum atomic E-state index is -0.0186. The Morgan fingerprint density at radius 2 is 2.00 bits per heavy atom. The van der Waals surface area contributed by atoms with E-state index in [1.54, 1.807) is 11.3 Å². The van der Waals surface area contributed by atoms with Crippen LogP contribution in [0.4, 0.5) is 0 Å². The molecule has 104 valence electrons. The number of piperidine rings is 1. The third-order valence-corrected chi connectivity index (χ3v) is 4.37. The van der Waals surface area contributed by atoms with Crippen molar-refractivity contribution < 1.29 is 9.59 Å². The van der Waals surface area contributed by atoms with Crippen molar-refractivity contribution in [3.63, 3.8) is 0 Å². The summed E-state index contributed by atoms with van der Waals surface area (Å²) >= 11 is 7.32. The number of aryl methyl sites for hydroxylation is 1. The summed E-state index contributed by atoms with van der Waals surface area (Å²) in [4.78, 5) is 29.0. The molecule has 0 unspecified atom stereocenters. The summed E-state index contributed by atoms with van der Waals surface area (Å²) in [7, 11) is 0. The number of hydrogen-bond donors (Lipinski definition) is 0. The summed E-state index contributed by atoms with van der Waals surface area (Å²) < 4.78 is 0. The van der Waals surface area contributed by atoms with Gasteiger partial charge in [0.05, 0.1) is 16.6 Å². The quantitative estimate of drug-likeness (QED) is 0.461. The summed E-state index contributed by atoms with van der Waals surface area (Å²) in [6.07, 6.45) is 4.39. The average molecular weight is 301 g/mol. The van der Waals surface area contributed by atoms with E-state index in [1.807, 2.05) is 5.38 Å². The molecule has 2 amide bonds. The molecule has 2 heterocycles. The second-order valence-corrected chi connectivity index (χ2v) is 5.83. The highest BCUT2D eigenvalue weighted by Crippen LogP contribution is 2.16. The molecule has 0 N–H and O–H groups in total. The number of thiazole rings is 1. The van der Waals surface area contributed by atoms with Crippen molar-refractivity contribution in [2.24, 2.45) is 0 Å². The molecule has 0 aliphatic carbocycles. The first-order chi connectivity index (χ1) is 9.20. The molecule has 0 aromatic carbocycles. The maximum Gasteiger partial charge on any atom is 0.229 e. The predicted octanol–water partition coefficient (Wildman–Crippen LogP) is 2.74. The molecule has 1 aromatic rings. The van der Waals surface area contributed by atoms with E-state index < -0.39 is 0 Å². The van der Waals surface area contributed by atoms with Crippen LogP contribution in [-0.4, -0.2) is 28.2 Å². The number of aromatic nitrogens is 1. The van der Waals surface area contributed by atoms with E-state index in [9.17, 15) is 9.59 Å². The van der Waals surface area contributed by atoms with Crippen LogP contribution in [-0.2, 0) is 21.9 Å². The summed E-state index contributed by atoms with van der Waals surface area (Å²) in [5, 5.41) is 3.05. The fourth-order valence-corrected chi connectivity index (χ4v) is 3.19. The van der Waals surface area contributed by atoms with Crippen molar-refractivity contribution in [3.05, 3.63) is 16.1 Å². The van der Waals surface area contributed by atoms with Crippen molar-refractivity contribution in [2.75, 3.05) is 6.54 Å². The van der Waals surface area contributed by atoms with Gasteiger partial charge in [0.1, 0.15) is 0 Å². The van der Waals surface area contributed by atoms with Crippen LogP contribution in [0.25, 0.3) is 0 Å². The van der Waals surface area contributed by atoms with Crippen LogP contribution < -0.4 is 0 Å². The van der Waals surface area contributed by atoms with Gasteiger partial charge >= 0.3 is 0 Å². The van der Waals surface area contributed by atoms with Crippen molar-refractivity contribution >= 4 is 34.8 Å². The Balaban J connectivity index is 1.71. The first-order valence-corrected chi connectivity index (χ1v) is 7.94. The maximum absolute atomic E-state index is 11.6. The second kappa shape index (κ2) is 7.01. The van der Waals surface area contributed by atoms with Gasteiger partial charge in [-0.15, -0.1) is 22.9 Å². The monoisotopic (exact) mass is 300 g/mol. The zero-order chi connectivity index (χ0) is 13.7. The lowest BCUT2D eigenvalue weighted by atomic mass is 10.1. The molecule has 2 rings (SSSR count). The third-order valence-electron chi connectivity index (χ3n) is 3.14. The standard InChI is InChI=1S/C13H17ClN2O2S/c14-8-10-9-19-11(15-10)4-1-2-7-16-12(17)5-3-6-13(16)18/h9H,1-8H2. The molecule has 4 nitrogen and oxygen atoms in total. The van der Waals surface area contributed by atoms with Crippen LogP contribution in [0.1, 0.15) is 42.8 Å². The summed E-state index contributed by atoms with van der Waals surface area (Å²) in [6, 6.07) is 0. The van der Waals surface area contributed by atoms with E-state index in [2.05, 4.69) is 4.98 Å². The molecule has 1 aliphatic rings. The van der Waals surface area contributed by atoms with Gasteiger partial charge in [0.2, 0.25) is 11.8 Å². The van der Waals surface area contributed by atoms with E-state index in [4.69, 9.17) is 11.6 Å². The number of likely N-dealkylation sites (tertiary alicyclic amines) is 1. The first-order valence-electron chi connectivity index (χ1n) is 6.53. The molecule has 1 fully saturated rings. The highest BCUT2D eigenvalue weighted by atomic mass is 35.5. The van der Waals surface area contributed by atoms with Crippen molar-refractivity contribution in [1.82, 2.24) is 9.88 Å². The van der Waals surface area contributed by atoms with E-state index in [0.29, 0.717) is 31.7 Å². The number of nitrogens with zero attached hydrogens (tertiary/aromatic N) is 2. The van der Waals surface area contributed by atoms with Gasteiger partial charge in [0.25, 0.3) is 0 Å². The Bertz CT molecular complexity index is 445. The second-order valence-electron chi connectivity index (χ2n) is 4.62. The molecule has 0 radical (unpaired) electrons. The Labute approximate surface area is 121 Å². The zero-order valence-corrected chi connectivity index (χ0v) is 12.3. The van der Waals surface area contributed by atoms with E-state index in [-0.39, 0.29) is 11.8 Å². The number of carbonyl (C=O) groups is 2. The zero-order valence-electron chi connectivity index (χ0n) is 10.7. The molecule has 0 saturated carbocycles. The minimum absolute atomic E-state index is 0.0186. The average Bonchev–Trinajstić information content (AvgIpc) is 2.85. The maximum atomic E-state index is 11.6. The Kier molecular flexibility index (Phi) is 5.34. The largest absolute Gasteiger partial charge is 0.283 e. The van der Waals surface area contributed by atoms with E-state index >= 15 is 0 Å². The lowest BCUT2D eigenvalue weighted by Crippen LogP contribution is -2.40. The van der Waals surface area contributed by atoms with Crippen LogP contribution in [0.15, 0.2) is 5.38 Å². The fraction of sp³-hybridized carbons (Fsp3) is 0.615. The van der Waals surface area contributed by atoms with Crippen LogP contribution in [0.5, 0.6) is 0 Å². The molecule has 0 spiro atoms. The molecule has 6 heteroatoms. The van der Waals surface area contributed by atoms with Gasteiger partial charge in [-0.25, -0.2) is 4.98 Å². The predicted molar refractivity (Wildman–Crippen MR) is 75.2 cm³/mol. The summed E-state index contributed by atoms with van der Waals surface area (Å²) in [5.74, 6) is 0.414. The number of carbonyl (C=O) groups excluding carboxylic acids is 2. The molecule has 19 heavy (non-hydrogen) atoms. The molecule has 0 bridgehead atoms. The highest BCUT2D eigenvalue weighted by molar-refractivity contribution is 7.09. The van der Waals surface area contributed by atoms with Gasteiger partial charge in [-0.1, -0.05) is 0 Å². The number of unbranched alkanes of at least 4 members (excludes halogenated alkanes) is 1. The normalized spacial score (nSPS) is 16.2. The lowest BCUT2D eigenvalue weighted by molar-refractivity contribution is -0.147. The van der Waals surface area contributed by atoms with Gasteiger partial charge < -0.3 is 0 Å². The number of rotatable bonds is 6. The molecular formula is C13H17ClN2O2S. The van der Waals surface area contributed by atoms with Crippen LogP contribution in [0.3, 0.4) is 0 Å². The van der Waals surface area contributed by atoms with Crippen molar-refractivity contribution in [1.29, 1.82) is 0 Å². The number of imide groups is 1. The number of halogens is 1. The Morgan fingerprint density at radius 3 is 2.63 bits per heavy atom. The van der Waals surface area contributed by atoms with E-state index in [0.717, 1.165) is 30.0 Å². The van der Waals surface area contributed by atoms with Crippen molar-refractivity contribution in [3.8, 4) is 0 Å². The first kappa shape index (κ1) is 14.5. The molecule has 1 aliphatic heterocycles. The van der Waals surface area contributed by atoms with Gasteiger partial charge in [0, 0.05) is 24.8 Å². The number of alkyl halides is 1. The fourth-order valence-electron chi connectivity index (χ4n) is 2.12. The summed E-state index contributed by atoms with van der Waals surface area (Å²) in [6.45, 7) is 0.547. The smallest absolute Gasteiger partial charge is 0.229 e. The lowest BCUT2D eigenvalue weighted by Gasteiger charge is -2.24. The van der Waals surface area contributed by atoms with Gasteiger partial charge in [-0.05, 0) is 25.7 Å². The van der Waals surface area contributed by atoms with Gasteiger partial charge in [0.15, 0.2) is 0 Å². The number of hydrogen-bond acceptors (Lipinski definition) is 4. The van der Waals surface area contributed by atoms with Gasteiger partial charge in [-0.2, -0.15) is 0 Å². The highest BCUT2D eigenvalue weighted by Gasteiger charge is 2.24. The van der Waals surface area contributed by atoms with Crippen LogP contribution in [0.2, 0.25) is 0 Å². The van der Waals surface area contributed by atoms with Gasteiger partial charge in [-0.3, -0.25) is 14.5 Å².